The van der Waals surface area contributed by atoms with Crippen LogP contribution < -0.4 is 11.3 Å². The van der Waals surface area contributed by atoms with E-state index in [0.29, 0.717) is 0 Å². The van der Waals surface area contributed by atoms with E-state index in [4.69, 9.17) is 5.84 Å². The molecule has 0 aliphatic rings. The molecule has 2 aromatic rings. The first-order valence-corrected chi connectivity index (χ1v) is 3.69. The monoisotopic (exact) mass is 162 g/mol. The number of nitrogen functional groups attached to an aromatic ring is 1. The molecule has 0 aliphatic carbocycles. The van der Waals surface area contributed by atoms with Crippen LogP contribution in [0.2, 0.25) is 0 Å². The molecule has 4 nitrogen and oxygen atoms in total. The average molecular weight is 162 g/mol. The molecule has 2 heterocycles. The van der Waals surface area contributed by atoms with Crippen LogP contribution in [0.15, 0.2) is 24.5 Å². The molecule has 0 amide bonds. The largest absolute Gasteiger partial charge is 0.336 e. The summed E-state index contributed by atoms with van der Waals surface area (Å²) in [7, 11) is 1.95. The summed E-state index contributed by atoms with van der Waals surface area (Å²) in [5.41, 5.74) is 4.47. The fraction of sp³-hybridized carbons (Fsp3) is 0.125. The van der Waals surface area contributed by atoms with E-state index in [1.807, 2.05) is 29.9 Å². The normalized spacial score (nSPS) is 10.5. The third kappa shape index (κ3) is 0.853. The van der Waals surface area contributed by atoms with Gasteiger partial charge in [0.15, 0.2) is 0 Å². The molecule has 0 atom stereocenters. The van der Waals surface area contributed by atoms with E-state index in [-0.39, 0.29) is 0 Å². The van der Waals surface area contributed by atoms with Crippen molar-refractivity contribution in [2.45, 2.75) is 0 Å². The number of hydrogen-bond acceptors (Lipinski definition) is 3. The van der Waals surface area contributed by atoms with Crippen molar-refractivity contribution in [3.05, 3.63) is 24.5 Å². The number of anilines is 1. The molecule has 2 aromatic heterocycles. The minimum Gasteiger partial charge on any atom is -0.336 e. The molecule has 0 radical (unpaired) electrons. The number of aryl methyl sites for hydroxylation is 1. The van der Waals surface area contributed by atoms with Crippen LogP contribution in [-0.4, -0.2) is 9.55 Å². The number of hydrazine groups is 1. The highest BCUT2D eigenvalue weighted by Crippen LogP contribution is 2.20. The second kappa shape index (κ2) is 2.49. The van der Waals surface area contributed by atoms with E-state index in [1.54, 1.807) is 6.20 Å². The van der Waals surface area contributed by atoms with Gasteiger partial charge in [-0.15, -0.1) is 0 Å². The Balaban J connectivity index is 2.81. The Kier molecular flexibility index (Phi) is 1.48. The van der Waals surface area contributed by atoms with Crippen molar-refractivity contribution in [1.29, 1.82) is 0 Å². The third-order valence-electron chi connectivity index (χ3n) is 1.92. The number of nitrogens with two attached hydrogens (primary N) is 1. The van der Waals surface area contributed by atoms with E-state index in [0.717, 1.165) is 16.7 Å². The third-order valence-corrected chi connectivity index (χ3v) is 1.92. The minimum absolute atomic E-state index is 0.903. The molecule has 0 fully saturated rings. The lowest BCUT2D eigenvalue weighted by atomic mass is 10.3. The van der Waals surface area contributed by atoms with Gasteiger partial charge in [-0.1, -0.05) is 0 Å². The second-order valence-corrected chi connectivity index (χ2v) is 2.67. The number of pyridine rings is 1. The fourth-order valence-electron chi connectivity index (χ4n) is 1.29. The number of hydrogen-bond donors (Lipinski definition) is 2. The molecular formula is C8H10N4. The number of nitrogens with one attached hydrogen (secondary N) is 1. The Morgan fingerprint density at radius 3 is 3.08 bits per heavy atom. The summed E-state index contributed by atoms with van der Waals surface area (Å²) in [5, 5.41) is 1.04. The molecule has 62 valence electrons. The fourth-order valence-corrected chi connectivity index (χ4v) is 1.29. The van der Waals surface area contributed by atoms with E-state index in [1.165, 1.54) is 0 Å². The van der Waals surface area contributed by atoms with E-state index in [2.05, 4.69) is 10.4 Å². The molecule has 0 aliphatic heterocycles. The Morgan fingerprint density at radius 2 is 2.33 bits per heavy atom. The van der Waals surface area contributed by atoms with E-state index in [9.17, 15) is 0 Å². The van der Waals surface area contributed by atoms with Crippen molar-refractivity contribution in [2.24, 2.45) is 12.9 Å². The first-order valence-electron chi connectivity index (χ1n) is 3.69. The maximum absolute atomic E-state index is 5.34. The Labute approximate surface area is 70.0 Å². The number of fused-ring (bicyclic) bond motifs is 1. The summed E-state index contributed by atoms with van der Waals surface area (Å²) in [6.07, 6.45) is 3.69. The first kappa shape index (κ1) is 7.12. The van der Waals surface area contributed by atoms with Crippen LogP contribution in [0.3, 0.4) is 0 Å². The second-order valence-electron chi connectivity index (χ2n) is 2.67. The molecule has 3 N–H and O–H groups in total. The molecule has 0 saturated carbocycles. The standard InChI is InChI=1S/C8H10N4/c1-12-5-3-6-7(11-9)2-4-10-8(6)12/h2-5H,9H2,1H3,(H,10,11). The van der Waals surface area contributed by atoms with Gasteiger partial charge in [0.1, 0.15) is 5.65 Å². The zero-order valence-electron chi connectivity index (χ0n) is 6.78. The first-order chi connectivity index (χ1) is 5.83. The van der Waals surface area contributed by atoms with Gasteiger partial charge in [0.05, 0.1) is 5.69 Å². The molecule has 0 saturated heterocycles. The van der Waals surface area contributed by atoms with Gasteiger partial charge in [-0.25, -0.2) is 4.98 Å². The van der Waals surface area contributed by atoms with E-state index < -0.39 is 0 Å². The number of rotatable bonds is 1. The van der Waals surface area contributed by atoms with E-state index >= 15 is 0 Å². The molecule has 0 unspecified atom stereocenters. The number of nitrogens with zero attached hydrogens (tertiary/aromatic N) is 2. The van der Waals surface area contributed by atoms with Crippen molar-refractivity contribution in [2.75, 3.05) is 5.43 Å². The molecule has 12 heavy (non-hydrogen) atoms. The van der Waals surface area contributed by atoms with Crippen LogP contribution in [0, 0.1) is 0 Å². The minimum atomic E-state index is 0.903. The van der Waals surface area contributed by atoms with Gasteiger partial charge >= 0.3 is 0 Å². The highest BCUT2D eigenvalue weighted by atomic mass is 15.2. The Hall–Kier alpha value is -1.55. The zero-order valence-corrected chi connectivity index (χ0v) is 6.78. The Morgan fingerprint density at radius 1 is 1.50 bits per heavy atom. The maximum Gasteiger partial charge on any atom is 0.141 e. The van der Waals surface area contributed by atoms with Gasteiger partial charge < -0.3 is 9.99 Å². The topological polar surface area (TPSA) is 55.9 Å². The summed E-state index contributed by atoms with van der Waals surface area (Å²) >= 11 is 0. The van der Waals surface area contributed by atoms with Crippen molar-refractivity contribution < 1.29 is 0 Å². The van der Waals surface area contributed by atoms with Gasteiger partial charge in [0.25, 0.3) is 0 Å². The van der Waals surface area contributed by atoms with Crippen LogP contribution in [0.4, 0.5) is 5.69 Å². The summed E-state index contributed by atoms with van der Waals surface area (Å²) in [6.45, 7) is 0. The van der Waals surface area contributed by atoms with Crippen LogP contribution >= 0.6 is 0 Å². The SMILES string of the molecule is Cn1ccc2c(NN)ccnc21. The summed E-state index contributed by atoms with van der Waals surface area (Å²) < 4.78 is 1.95. The van der Waals surface area contributed by atoms with Crippen LogP contribution in [0.5, 0.6) is 0 Å². The molecule has 2 rings (SSSR count). The molecule has 0 bridgehead atoms. The summed E-state index contributed by atoms with van der Waals surface area (Å²) in [4.78, 5) is 4.22. The van der Waals surface area contributed by atoms with Crippen molar-refractivity contribution >= 4 is 16.7 Å². The Bertz CT molecular complexity index is 404. The predicted molar refractivity (Wildman–Crippen MR) is 48.5 cm³/mol. The van der Waals surface area contributed by atoms with Gasteiger partial charge in [-0.05, 0) is 12.1 Å². The number of aromatic nitrogens is 2. The lowest BCUT2D eigenvalue weighted by molar-refractivity contribution is 0.948. The zero-order chi connectivity index (χ0) is 8.55. The lowest BCUT2D eigenvalue weighted by Crippen LogP contribution is -2.07. The molecule has 0 spiro atoms. The van der Waals surface area contributed by atoms with Crippen LogP contribution in [0.25, 0.3) is 11.0 Å². The predicted octanol–water partition coefficient (Wildman–Crippen LogP) is 0.859. The summed E-state index contributed by atoms with van der Waals surface area (Å²) in [5.74, 6) is 5.34. The smallest absolute Gasteiger partial charge is 0.141 e. The van der Waals surface area contributed by atoms with Gasteiger partial charge in [-0.3, -0.25) is 5.84 Å². The molecule has 0 aromatic carbocycles. The van der Waals surface area contributed by atoms with Crippen LogP contribution in [-0.2, 0) is 7.05 Å². The van der Waals surface area contributed by atoms with Gasteiger partial charge in [0, 0.05) is 24.8 Å². The van der Waals surface area contributed by atoms with Crippen LogP contribution in [0.1, 0.15) is 0 Å². The maximum atomic E-state index is 5.34. The van der Waals surface area contributed by atoms with Gasteiger partial charge in [-0.2, -0.15) is 0 Å². The van der Waals surface area contributed by atoms with Crippen molar-refractivity contribution in [1.82, 2.24) is 9.55 Å². The molecular weight excluding hydrogens is 152 g/mol. The highest BCUT2D eigenvalue weighted by Gasteiger charge is 2.02. The lowest BCUT2D eigenvalue weighted by Gasteiger charge is -2.00. The van der Waals surface area contributed by atoms with Crippen molar-refractivity contribution in [3.8, 4) is 0 Å². The molecule has 4 heteroatoms. The summed E-state index contributed by atoms with van der Waals surface area (Å²) in [6, 6.07) is 3.83. The highest BCUT2D eigenvalue weighted by molar-refractivity contribution is 5.89. The quantitative estimate of drug-likeness (QED) is 0.483. The average Bonchev–Trinajstić information content (AvgIpc) is 2.48. The van der Waals surface area contributed by atoms with Crippen molar-refractivity contribution in [3.63, 3.8) is 0 Å². The van der Waals surface area contributed by atoms with Gasteiger partial charge in [0.2, 0.25) is 0 Å².